The predicted molar refractivity (Wildman–Crippen MR) is 76.1 cm³/mol. The fraction of sp³-hybridized carbons (Fsp3) is 0.267. The molecule has 110 valence electrons. The van der Waals surface area contributed by atoms with Gasteiger partial charge in [-0.1, -0.05) is 30.3 Å². The molecular formula is C15H16N3O3-. The Balaban J connectivity index is 2.00. The highest BCUT2D eigenvalue weighted by Gasteiger charge is 2.09. The molecule has 1 amide bonds. The van der Waals surface area contributed by atoms with Crippen molar-refractivity contribution in [1.29, 1.82) is 0 Å². The van der Waals surface area contributed by atoms with Gasteiger partial charge in [0.25, 0.3) is 0 Å². The molecule has 0 saturated heterocycles. The molecule has 6 nitrogen and oxygen atoms in total. The zero-order chi connectivity index (χ0) is 15.2. The minimum Gasteiger partial charge on any atom is -0.550 e. The second kappa shape index (κ2) is 6.69. The van der Waals surface area contributed by atoms with Crippen molar-refractivity contribution in [2.24, 2.45) is 7.05 Å². The second-order valence-corrected chi connectivity index (χ2v) is 4.68. The molecule has 0 fully saturated rings. The summed E-state index contributed by atoms with van der Waals surface area (Å²) in [5, 5.41) is 17.4. The third kappa shape index (κ3) is 4.17. The smallest absolute Gasteiger partial charge is 0.225 e. The first-order chi connectivity index (χ1) is 10.1. The lowest BCUT2D eigenvalue weighted by atomic mass is 10.1. The van der Waals surface area contributed by atoms with Crippen LogP contribution in [0.3, 0.4) is 0 Å². The van der Waals surface area contributed by atoms with Crippen LogP contribution in [0.5, 0.6) is 0 Å². The monoisotopic (exact) mass is 286 g/mol. The van der Waals surface area contributed by atoms with Crippen molar-refractivity contribution in [2.75, 3.05) is 5.32 Å². The van der Waals surface area contributed by atoms with Crippen LogP contribution < -0.4 is 10.4 Å². The quantitative estimate of drug-likeness (QED) is 0.856. The van der Waals surface area contributed by atoms with E-state index in [0.717, 1.165) is 11.3 Å². The van der Waals surface area contributed by atoms with Crippen LogP contribution in [-0.4, -0.2) is 21.7 Å². The fourth-order valence-corrected chi connectivity index (χ4v) is 1.93. The number of rotatable bonds is 6. The van der Waals surface area contributed by atoms with Gasteiger partial charge < -0.3 is 15.2 Å². The summed E-state index contributed by atoms with van der Waals surface area (Å²) >= 11 is 0. The molecular weight excluding hydrogens is 270 g/mol. The van der Waals surface area contributed by atoms with Crippen molar-refractivity contribution in [3.8, 4) is 11.3 Å². The first-order valence-corrected chi connectivity index (χ1v) is 6.65. The van der Waals surface area contributed by atoms with Crippen LogP contribution in [0.4, 0.5) is 5.82 Å². The minimum atomic E-state index is -1.14. The molecule has 1 N–H and O–H groups in total. The van der Waals surface area contributed by atoms with E-state index < -0.39 is 5.97 Å². The molecule has 1 aromatic heterocycles. The molecule has 0 unspecified atom stereocenters. The highest BCUT2D eigenvalue weighted by atomic mass is 16.4. The van der Waals surface area contributed by atoms with Crippen molar-refractivity contribution >= 4 is 17.7 Å². The highest BCUT2D eigenvalue weighted by Crippen LogP contribution is 2.21. The van der Waals surface area contributed by atoms with E-state index in [-0.39, 0.29) is 25.2 Å². The standard InChI is InChI=1S/C15H17N3O3/c1-18-13(16-14(19)8-5-9-15(20)21)10-12(17-18)11-6-3-2-4-7-11/h2-4,6-7,10H,5,8-9H2,1H3,(H,16,19)(H,20,21)/p-1. The predicted octanol–water partition coefficient (Wildman–Crippen LogP) is 0.946. The number of aryl methyl sites for hydroxylation is 1. The summed E-state index contributed by atoms with van der Waals surface area (Å²) < 4.78 is 1.58. The Morgan fingerprint density at radius 3 is 2.62 bits per heavy atom. The average molecular weight is 286 g/mol. The molecule has 0 aliphatic carbocycles. The summed E-state index contributed by atoms with van der Waals surface area (Å²) in [7, 11) is 1.74. The zero-order valence-electron chi connectivity index (χ0n) is 11.7. The van der Waals surface area contributed by atoms with E-state index in [1.807, 2.05) is 30.3 Å². The summed E-state index contributed by atoms with van der Waals surface area (Å²) in [5.41, 5.74) is 1.73. The molecule has 0 spiro atoms. The number of carbonyl (C=O) groups excluding carboxylic acids is 2. The number of aromatic nitrogens is 2. The molecule has 6 heteroatoms. The van der Waals surface area contributed by atoms with Gasteiger partial charge in [0.15, 0.2) is 0 Å². The Morgan fingerprint density at radius 1 is 1.24 bits per heavy atom. The van der Waals surface area contributed by atoms with Crippen molar-refractivity contribution in [2.45, 2.75) is 19.3 Å². The molecule has 0 atom stereocenters. The molecule has 1 aromatic carbocycles. The lowest BCUT2D eigenvalue weighted by Crippen LogP contribution is -2.22. The Kier molecular flexibility index (Phi) is 4.71. The Labute approximate surface area is 122 Å². The summed E-state index contributed by atoms with van der Waals surface area (Å²) in [6, 6.07) is 11.4. The number of aliphatic carboxylic acids is 1. The minimum absolute atomic E-state index is 0.117. The molecule has 2 rings (SSSR count). The van der Waals surface area contributed by atoms with E-state index in [9.17, 15) is 14.7 Å². The Bertz CT molecular complexity index is 635. The largest absolute Gasteiger partial charge is 0.550 e. The van der Waals surface area contributed by atoms with Gasteiger partial charge in [0.2, 0.25) is 5.91 Å². The molecule has 1 heterocycles. The van der Waals surface area contributed by atoms with E-state index in [1.165, 1.54) is 0 Å². The number of nitrogens with zero attached hydrogens (tertiary/aromatic N) is 2. The van der Waals surface area contributed by atoms with Gasteiger partial charge >= 0.3 is 0 Å². The van der Waals surface area contributed by atoms with Crippen molar-refractivity contribution in [3.05, 3.63) is 36.4 Å². The highest BCUT2D eigenvalue weighted by molar-refractivity contribution is 5.90. The molecule has 21 heavy (non-hydrogen) atoms. The van der Waals surface area contributed by atoms with Gasteiger partial charge in [-0.25, -0.2) is 0 Å². The first-order valence-electron chi connectivity index (χ1n) is 6.65. The van der Waals surface area contributed by atoms with Crippen LogP contribution in [0.2, 0.25) is 0 Å². The number of nitrogens with one attached hydrogen (secondary N) is 1. The Hall–Kier alpha value is -2.63. The van der Waals surface area contributed by atoms with Gasteiger partial charge in [-0.3, -0.25) is 9.48 Å². The number of anilines is 1. The SMILES string of the molecule is Cn1nc(-c2ccccc2)cc1NC(=O)CCCC(=O)[O-]. The first kappa shape index (κ1) is 14.8. The Morgan fingerprint density at radius 2 is 1.95 bits per heavy atom. The van der Waals surface area contributed by atoms with Crippen LogP contribution in [0, 0.1) is 0 Å². The molecule has 0 saturated carbocycles. The van der Waals surface area contributed by atoms with Crippen LogP contribution in [0.25, 0.3) is 11.3 Å². The van der Waals surface area contributed by atoms with Crippen LogP contribution in [-0.2, 0) is 16.6 Å². The third-order valence-electron chi connectivity index (χ3n) is 3.00. The van der Waals surface area contributed by atoms with Gasteiger partial charge in [-0.15, -0.1) is 0 Å². The van der Waals surface area contributed by atoms with Crippen LogP contribution in [0.1, 0.15) is 19.3 Å². The zero-order valence-corrected chi connectivity index (χ0v) is 11.7. The van der Waals surface area contributed by atoms with Crippen LogP contribution in [0.15, 0.2) is 36.4 Å². The number of hydrogen-bond acceptors (Lipinski definition) is 4. The van der Waals surface area contributed by atoms with E-state index in [2.05, 4.69) is 10.4 Å². The fourth-order valence-electron chi connectivity index (χ4n) is 1.93. The molecule has 0 bridgehead atoms. The second-order valence-electron chi connectivity index (χ2n) is 4.68. The number of carboxylic acid groups (broad SMARTS) is 1. The van der Waals surface area contributed by atoms with E-state index in [0.29, 0.717) is 5.82 Å². The van der Waals surface area contributed by atoms with Crippen molar-refractivity contribution in [1.82, 2.24) is 9.78 Å². The topological polar surface area (TPSA) is 87.0 Å². The van der Waals surface area contributed by atoms with Gasteiger partial charge in [0.05, 0.1) is 5.69 Å². The number of carbonyl (C=O) groups is 2. The molecule has 0 aliphatic rings. The maximum atomic E-state index is 11.7. The summed E-state index contributed by atoms with van der Waals surface area (Å²) in [4.78, 5) is 22.0. The van der Waals surface area contributed by atoms with E-state index in [4.69, 9.17) is 0 Å². The molecule has 0 radical (unpaired) electrons. The van der Waals surface area contributed by atoms with Gasteiger partial charge in [0, 0.05) is 31.1 Å². The molecule has 2 aromatic rings. The third-order valence-corrected chi connectivity index (χ3v) is 3.00. The van der Waals surface area contributed by atoms with Crippen molar-refractivity contribution in [3.63, 3.8) is 0 Å². The number of benzene rings is 1. The van der Waals surface area contributed by atoms with Gasteiger partial charge in [-0.2, -0.15) is 5.10 Å². The van der Waals surface area contributed by atoms with Gasteiger partial charge in [-0.05, 0) is 12.8 Å². The maximum absolute atomic E-state index is 11.7. The lowest BCUT2D eigenvalue weighted by molar-refractivity contribution is -0.305. The average Bonchev–Trinajstić information content (AvgIpc) is 2.81. The number of amides is 1. The number of carboxylic acids is 1. The van der Waals surface area contributed by atoms with E-state index in [1.54, 1.807) is 17.8 Å². The normalized spacial score (nSPS) is 10.3. The lowest BCUT2D eigenvalue weighted by Gasteiger charge is -2.05. The summed E-state index contributed by atoms with van der Waals surface area (Å²) in [6.07, 6.45) is 0.283. The maximum Gasteiger partial charge on any atom is 0.225 e. The van der Waals surface area contributed by atoms with E-state index >= 15 is 0 Å². The van der Waals surface area contributed by atoms with Crippen molar-refractivity contribution < 1.29 is 14.7 Å². The summed E-state index contributed by atoms with van der Waals surface area (Å²) in [6.45, 7) is 0. The van der Waals surface area contributed by atoms with Crippen LogP contribution >= 0.6 is 0 Å². The molecule has 0 aliphatic heterocycles. The summed E-state index contributed by atoms with van der Waals surface area (Å²) in [5.74, 6) is -0.805. The number of hydrogen-bond donors (Lipinski definition) is 1. The van der Waals surface area contributed by atoms with Gasteiger partial charge in [0.1, 0.15) is 5.82 Å².